The zero-order valence-electron chi connectivity index (χ0n) is 24.6. The largest absolute Gasteiger partial charge is 0.376 e. The van der Waals surface area contributed by atoms with Gasteiger partial charge in [-0.1, -0.05) is 6.42 Å². The average Bonchev–Trinajstić information content (AvgIpc) is 2.97. The third kappa shape index (κ3) is 18.6. The maximum atomic E-state index is 12.0. The minimum Gasteiger partial charge on any atom is -0.376 e. The second-order valence-corrected chi connectivity index (χ2v) is 10.4. The summed E-state index contributed by atoms with van der Waals surface area (Å²) in [6.07, 6.45) is 4.02. The third-order valence-corrected chi connectivity index (χ3v) is 6.81. The van der Waals surface area contributed by atoms with Crippen LogP contribution >= 0.6 is 0 Å². The second kappa shape index (κ2) is 22.7. The molecule has 1 saturated heterocycles. The molecular formula is C27H50N6O9. The van der Waals surface area contributed by atoms with Gasteiger partial charge in [-0.25, -0.2) is 10.1 Å². The van der Waals surface area contributed by atoms with E-state index in [0.717, 1.165) is 5.06 Å². The van der Waals surface area contributed by atoms with Gasteiger partial charge in [-0.3, -0.25) is 34.4 Å². The van der Waals surface area contributed by atoms with Gasteiger partial charge in [0.25, 0.3) is 0 Å². The Morgan fingerprint density at radius 2 is 0.881 bits per heavy atom. The molecule has 0 bridgehead atoms. The lowest BCUT2D eigenvalue weighted by Gasteiger charge is -2.21. The minimum atomic E-state index is -1.18. The van der Waals surface area contributed by atoms with Gasteiger partial charge in [0.15, 0.2) is 0 Å². The number of carbonyl (C=O) groups excluding carboxylic acids is 5. The Bertz CT molecular complexity index is 830. The first kappa shape index (κ1) is 37.2. The van der Waals surface area contributed by atoms with Crippen molar-refractivity contribution in [2.24, 2.45) is 0 Å². The lowest BCUT2D eigenvalue weighted by Crippen LogP contribution is -2.35. The Balaban J connectivity index is 2.48. The maximum Gasteiger partial charge on any atom is 0.246 e. The fraction of sp³-hybridized carbons (Fsp3) is 0.815. The van der Waals surface area contributed by atoms with Gasteiger partial charge in [0.2, 0.25) is 29.5 Å². The quantitative estimate of drug-likeness (QED) is 0.192. The molecule has 0 aliphatic carbocycles. The van der Waals surface area contributed by atoms with E-state index in [-0.39, 0.29) is 75.9 Å². The summed E-state index contributed by atoms with van der Waals surface area (Å²) in [5.41, 5.74) is 0. The van der Waals surface area contributed by atoms with Crippen LogP contribution in [-0.2, 0) is 24.0 Å². The molecule has 0 aromatic heterocycles. The number of rotatable bonds is 0. The molecule has 1 aliphatic rings. The van der Waals surface area contributed by atoms with Crippen LogP contribution in [0, 0.1) is 0 Å². The van der Waals surface area contributed by atoms with Gasteiger partial charge in [0, 0.05) is 71.4 Å². The standard InChI is InChI=1S/C27H50N6O9/c34-22-10-14-26(38)32(41)20-8-3-6-18-30-24(36)12-15-27(39)33(42)21-9-2-5-17-29-23(35)11-13-25(37)31(40)19-7-1-4-16-28-22/h25,37,40-42H,1-21H2,(H,28,34)(H,29,35)(H,30,36). The first-order chi connectivity index (χ1) is 20.1. The van der Waals surface area contributed by atoms with E-state index in [4.69, 9.17) is 0 Å². The zero-order chi connectivity index (χ0) is 31.2. The molecular weight excluding hydrogens is 552 g/mol. The van der Waals surface area contributed by atoms with Crippen LogP contribution in [0.1, 0.15) is 96.3 Å². The van der Waals surface area contributed by atoms with Crippen LogP contribution in [0.25, 0.3) is 0 Å². The molecule has 0 spiro atoms. The summed E-state index contributed by atoms with van der Waals surface area (Å²) in [6, 6.07) is 0. The van der Waals surface area contributed by atoms with E-state index in [0.29, 0.717) is 87.5 Å². The van der Waals surface area contributed by atoms with Crippen LogP contribution < -0.4 is 16.0 Å². The Kier molecular flexibility index (Phi) is 20.1. The Hall–Kier alpha value is -2.85. The summed E-state index contributed by atoms with van der Waals surface area (Å²) >= 11 is 0. The first-order valence-electron chi connectivity index (χ1n) is 15.0. The molecule has 1 unspecified atom stereocenters. The van der Waals surface area contributed by atoms with Crippen molar-refractivity contribution in [3.05, 3.63) is 0 Å². The Labute approximate surface area is 247 Å². The van der Waals surface area contributed by atoms with Gasteiger partial charge >= 0.3 is 0 Å². The molecule has 5 amide bonds. The van der Waals surface area contributed by atoms with Crippen molar-refractivity contribution in [3.8, 4) is 0 Å². The topological polar surface area (TPSA) is 212 Å². The molecule has 1 heterocycles. The van der Waals surface area contributed by atoms with Crippen LogP contribution in [0.2, 0.25) is 0 Å². The second-order valence-electron chi connectivity index (χ2n) is 10.4. The number of nitrogens with zero attached hydrogens (tertiary/aromatic N) is 3. The lowest BCUT2D eigenvalue weighted by molar-refractivity contribution is -0.198. The van der Waals surface area contributed by atoms with Crippen LogP contribution in [0.4, 0.5) is 0 Å². The number of hydrogen-bond donors (Lipinski definition) is 7. The fourth-order valence-electron chi connectivity index (χ4n) is 4.16. The summed E-state index contributed by atoms with van der Waals surface area (Å²) in [5, 5.41) is 50.0. The van der Waals surface area contributed by atoms with E-state index in [1.54, 1.807) is 0 Å². The summed E-state index contributed by atoms with van der Waals surface area (Å²) in [4.78, 5) is 60.0. The molecule has 42 heavy (non-hydrogen) atoms. The highest BCUT2D eigenvalue weighted by atomic mass is 16.5. The fourth-order valence-corrected chi connectivity index (χ4v) is 4.16. The monoisotopic (exact) mass is 602 g/mol. The van der Waals surface area contributed by atoms with Crippen LogP contribution in [0.15, 0.2) is 0 Å². The SMILES string of the molecule is O=C1CCC(=O)N(O)CCCCCNC(=O)CCC(=O)N(O)CCCCCNC(=O)CCC(O)N(O)CCCCCN1. The van der Waals surface area contributed by atoms with Crippen molar-refractivity contribution in [1.29, 1.82) is 0 Å². The molecule has 15 nitrogen and oxygen atoms in total. The molecule has 1 fully saturated rings. The first-order valence-corrected chi connectivity index (χ1v) is 15.0. The lowest BCUT2D eigenvalue weighted by atomic mass is 10.2. The number of hydroxylamine groups is 6. The molecule has 1 rings (SSSR count). The van der Waals surface area contributed by atoms with Crippen LogP contribution in [0.5, 0.6) is 0 Å². The summed E-state index contributed by atoms with van der Waals surface area (Å²) in [5.74, 6) is -1.99. The smallest absolute Gasteiger partial charge is 0.246 e. The Morgan fingerprint density at radius 1 is 0.500 bits per heavy atom. The summed E-state index contributed by atoms with van der Waals surface area (Å²) < 4.78 is 0. The van der Waals surface area contributed by atoms with E-state index in [1.165, 1.54) is 0 Å². The Morgan fingerprint density at radius 3 is 1.31 bits per heavy atom. The van der Waals surface area contributed by atoms with Crippen molar-refractivity contribution in [2.75, 3.05) is 39.3 Å². The number of aliphatic hydroxyl groups is 1. The maximum absolute atomic E-state index is 12.0. The van der Waals surface area contributed by atoms with Gasteiger partial charge in [-0.2, -0.15) is 5.06 Å². The van der Waals surface area contributed by atoms with Crippen molar-refractivity contribution in [3.63, 3.8) is 0 Å². The van der Waals surface area contributed by atoms with E-state index in [2.05, 4.69) is 16.0 Å². The zero-order valence-corrected chi connectivity index (χ0v) is 24.6. The van der Waals surface area contributed by atoms with Gasteiger partial charge in [-0.15, -0.1) is 0 Å². The molecule has 0 radical (unpaired) electrons. The minimum absolute atomic E-state index is 0.0350. The average molecular weight is 603 g/mol. The number of hydrogen-bond acceptors (Lipinski definition) is 10. The van der Waals surface area contributed by atoms with Gasteiger partial charge < -0.3 is 26.3 Å². The summed E-state index contributed by atoms with van der Waals surface area (Å²) in [7, 11) is 0. The van der Waals surface area contributed by atoms with Gasteiger partial charge in [-0.05, 0) is 57.8 Å². The highest BCUT2D eigenvalue weighted by Crippen LogP contribution is 2.06. The van der Waals surface area contributed by atoms with Gasteiger partial charge in [0.1, 0.15) is 6.23 Å². The van der Waals surface area contributed by atoms with Crippen molar-refractivity contribution >= 4 is 29.5 Å². The number of aliphatic hydroxyl groups excluding tert-OH is 1. The van der Waals surface area contributed by atoms with Crippen molar-refractivity contribution < 1.29 is 44.7 Å². The normalized spacial score (nSPS) is 23.5. The van der Waals surface area contributed by atoms with Crippen molar-refractivity contribution in [1.82, 2.24) is 31.1 Å². The van der Waals surface area contributed by atoms with E-state index < -0.39 is 18.0 Å². The molecule has 15 heteroatoms. The molecule has 7 N–H and O–H groups in total. The van der Waals surface area contributed by atoms with E-state index >= 15 is 0 Å². The number of nitrogens with one attached hydrogen (secondary N) is 3. The van der Waals surface area contributed by atoms with Gasteiger partial charge in [0.05, 0.1) is 0 Å². The summed E-state index contributed by atoms with van der Waals surface area (Å²) in [6.45, 7) is 1.61. The highest BCUT2D eigenvalue weighted by molar-refractivity contribution is 5.83. The molecule has 0 saturated carbocycles. The van der Waals surface area contributed by atoms with E-state index in [9.17, 15) is 44.7 Å². The van der Waals surface area contributed by atoms with E-state index in [1.807, 2.05) is 0 Å². The number of carbonyl (C=O) groups is 5. The van der Waals surface area contributed by atoms with Crippen LogP contribution in [0.3, 0.4) is 0 Å². The van der Waals surface area contributed by atoms with Crippen LogP contribution in [-0.4, -0.2) is 111 Å². The molecule has 1 atom stereocenters. The molecule has 0 aromatic carbocycles. The van der Waals surface area contributed by atoms with Crippen molar-refractivity contribution in [2.45, 2.75) is 103 Å². The molecule has 242 valence electrons. The third-order valence-electron chi connectivity index (χ3n) is 6.81. The predicted octanol–water partition coefficient (Wildman–Crippen LogP) is 0.645. The molecule has 0 aromatic rings. The predicted molar refractivity (Wildman–Crippen MR) is 150 cm³/mol. The number of amides is 5. The highest BCUT2D eigenvalue weighted by Gasteiger charge is 2.16. The molecule has 1 aliphatic heterocycles.